The number of hydrogen-bond donors (Lipinski definition) is 0. The number of carbonyl (C=O) groups excluding carboxylic acids is 1. The third kappa shape index (κ3) is 1.73. The highest BCUT2D eigenvalue weighted by molar-refractivity contribution is 6.28. The summed E-state index contributed by atoms with van der Waals surface area (Å²) in [6.45, 7) is 3.35. The standard InChI is InChI=1S/C10H13ClO2/c1-6(11)13-10(12)9-5-7-2-3-8(9)4-7/h7-9H,1-5H2. The fraction of sp³-hybridized carbons (Fsp3) is 0.700. The second-order valence-corrected chi connectivity index (χ2v) is 4.48. The Morgan fingerprint density at radius 2 is 2.15 bits per heavy atom. The third-order valence-electron chi connectivity index (χ3n) is 3.25. The minimum Gasteiger partial charge on any atom is -0.414 e. The van der Waals surface area contributed by atoms with E-state index in [9.17, 15) is 4.79 Å². The van der Waals surface area contributed by atoms with Crippen LogP contribution in [0.5, 0.6) is 0 Å². The summed E-state index contributed by atoms with van der Waals surface area (Å²) in [6, 6.07) is 0. The summed E-state index contributed by atoms with van der Waals surface area (Å²) in [5.74, 6) is 1.22. The largest absolute Gasteiger partial charge is 0.414 e. The van der Waals surface area contributed by atoms with Crippen LogP contribution in [0.15, 0.2) is 11.8 Å². The lowest BCUT2D eigenvalue weighted by Crippen LogP contribution is -2.22. The predicted molar refractivity (Wildman–Crippen MR) is 50.0 cm³/mol. The molecule has 2 aliphatic carbocycles. The molecular weight excluding hydrogens is 188 g/mol. The second-order valence-electron chi connectivity index (χ2n) is 4.06. The van der Waals surface area contributed by atoms with Crippen LogP contribution in [0.4, 0.5) is 0 Å². The van der Waals surface area contributed by atoms with Gasteiger partial charge in [0, 0.05) is 0 Å². The van der Waals surface area contributed by atoms with Gasteiger partial charge in [-0.3, -0.25) is 4.79 Å². The van der Waals surface area contributed by atoms with Crippen molar-refractivity contribution in [2.24, 2.45) is 17.8 Å². The van der Waals surface area contributed by atoms with Crippen LogP contribution in [0.2, 0.25) is 0 Å². The number of rotatable bonds is 2. The van der Waals surface area contributed by atoms with Gasteiger partial charge in [0.15, 0.2) is 5.22 Å². The fourth-order valence-corrected chi connectivity index (χ4v) is 2.79. The molecule has 3 unspecified atom stereocenters. The maximum absolute atomic E-state index is 11.5. The Balaban J connectivity index is 1.95. The molecule has 3 heteroatoms. The number of ether oxygens (including phenoxy) is 1. The number of halogens is 1. The zero-order valence-electron chi connectivity index (χ0n) is 7.46. The van der Waals surface area contributed by atoms with Crippen LogP contribution >= 0.6 is 11.6 Å². The molecule has 2 aliphatic rings. The number of carbonyl (C=O) groups is 1. The zero-order chi connectivity index (χ0) is 9.42. The van der Waals surface area contributed by atoms with E-state index in [0.29, 0.717) is 5.92 Å². The molecule has 2 rings (SSSR count). The molecule has 0 amide bonds. The van der Waals surface area contributed by atoms with Crippen LogP contribution in [-0.4, -0.2) is 5.97 Å². The Morgan fingerprint density at radius 1 is 1.38 bits per heavy atom. The van der Waals surface area contributed by atoms with Crippen molar-refractivity contribution in [1.29, 1.82) is 0 Å². The van der Waals surface area contributed by atoms with Crippen LogP contribution in [0.3, 0.4) is 0 Å². The molecule has 2 fully saturated rings. The first-order valence-corrected chi connectivity index (χ1v) is 5.10. The quantitative estimate of drug-likeness (QED) is 0.506. The summed E-state index contributed by atoms with van der Waals surface area (Å²) in [7, 11) is 0. The topological polar surface area (TPSA) is 26.3 Å². The molecule has 13 heavy (non-hydrogen) atoms. The maximum Gasteiger partial charge on any atom is 0.315 e. The number of esters is 1. The fourth-order valence-electron chi connectivity index (χ4n) is 2.72. The van der Waals surface area contributed by atoms with Gasteiger partial charge in [-0.25, -0.2) is 0 Å². The Labute approximate surface area is 82.9 Å². The van der Waals surface area contributed by atoms with E-state index in [2.05, 4.69) is 6.58 Å². The first kappa shape index (κ1) is 9.07. The van der Waals surface area contributed by atoms with Crippen LogP contribution < -0.4 is 0 Å². The van der Waals surface area contributed by atoms with E-state index >= 15 is 0 Å². The van der Waals surface area contributed by atoms with Gasteiger partial charge in [-0.05, 0) is 49.3 Å². The van der Waals surface area contributed by atoms with Gasteiger partial charge in [0.1, 0.15) is 0 Å². The maximum atomic E-state index is 11.5. The highest BCUT2D eigenvalue weighted by Crippen LogP contribution is 2.48. The molecule has 72 valence electrons. The molecule has 0 aromatic heterocycles. The molecule has 0 spiro atoms. The Kier molecular flexibility index (Phi) is 2.33. The smallest absolute Gasteiger partial charge is 0.315 e. The average Bonchev–Trinajstić information content (AvgIpc) is 2.62. The molecule has 2 saturated carbocycles. The zero-order valence-corrected chi connectivity index (χ0v) is 8.22. The van der Waals surface area contributed by atoms with Crippen molar-refractivity contribution in [1.82, 2.24) is 0 Å². The molecule has 0 saturated heterocycles. The van der Waals surface area contributed by atoms with Gasteiger partial charge in [-0.2, -0.15) is 0 Å². The predicted octanol–water partition coefficient (Wildman–Crippen LogP) is 2.68. The Bertz CT molecular complexity index is 249. The molecule has 3 atom stereocenters. The van der Waals surface area contributed by atoms with Crippen molar-refractivity contribution < 1.29 is 9.53 Å². The molecule has 0 aliphatic heterocycles. The van der Waals surface area contributed by atoms with Gasteiger partial charge < -0.3 is 4.74 Å². The van der Waals surface area contributed by atoms with E-state index in [-0.39, 0.29) is 17.1 Å². The molecule has 0 heterocycles. The minimum atomic E-state index is -0.174. The van der Waals surface area contributed by atoms with Crippen LogP contribution in [-0.2, 0) is 9.53 Å². The van der Waals surface area contributed by atoms with Gasteiger partial charge in [-0.15, -0.1) is 0 Å². The monoisotopic (exact) mass is 200 g/mol. The summed E-state index contributed by atoms with van der Waals surface area (Å²) >= 11 is 5.42. The lowest BCUT2D eigenvalue weighted by molar-refractivity contribution is -0.145. The lowest BCUT2D eigenvalue weighted by Gasteiger charge is -2.19. The third-order valence-corrected chi connectivity index (χ3v) is 3.33. The summed E-state index contributed by atoms with van der Waals surface area (Å²) in [5.41, 5.74) is 0. The van der Waals surface area contributed by atoms with E-state index in [1.54, 1.807) is 0 Å². The van der Waals surface area contributed by atoms with E-state index in [4.69, 9.17) is 16.3 Å². The minimum absolute atomic E-state index is 0.00669. The summed E-state index contributed by atoms with van der Waals surface area (Å²) in [4.78, 5) is 11.5. The summed E-state index contributed by atoms with van der Waals surface area (Å²) in [6.07, 6.45) is 4.66. The number of hydrogen-bond acceptors (Lipinski definition) is 2. The van der Waals surface area contributed by atoms with Gasteiger partial charge in [0.05, 0.1) is 5.92 Å². The Hall–Kier alpha value is -0.500. The molecule has 0 aromatic carbocycles. The molecule has 2 bridgehead atoms. The highest BCUT2D eigenvalue weighted by Gasteiger charge is 2.44. The lowest BCUT2D eigenvalue weighted by atomic mass is 9.89. The average molecular weight is 201 g/mol. The highest BCUT2D eigenvalue weighted by atomic mass is 35.5. The molecule has 0 radical (unpaired) electrons. The Morgan fingerprint density at radius 3 is 2.62 bits per heavy atom. The molecule has 0 aromatic rings. The van der Waals surface area contributed by atoms with Crippen molar-refractivity contribution in [3.05, 3.63) is 11.8 Å². The first-order chi connectivity index (χ1) is 6.16. The molecule has 0 N–H and O–H groups in total. The van der Waals surface area contributed by atoms with Crippen molar-refractivity contribution in [2.45, 2.75) is 25.7 Å². The van der Waals surface area contributed by atoms with Crippen LogP contribution in [0.25, 0.3) is 0 Å². The van der Waals surface area contributed by atoms with Crippen molar-refractivity contribution in [3.8, 4) is 0 Å². The van der Waals surface area contributed by atoms with Crippen molar-refractivity contribution >= 4 is 17.6 Å². The normalized spacial score (nSPS) is 36.2. The summed E-state index contributed by atoms with van der Waals surface area (Å²) in [5, 5.41) is -0.00669. The van der Waals surface area contributed by atoms with Gasteiger partial charge in [0.2, 0.25) is 0 Å². The SMILES string of the molecule is C=C(Cl)OC(=O)C1CC2CCC1C2. The van der Waals surface area contributed by atoms with E-state index in [1.807, 2.05) is 0 Å². The first-order valence-electron chi connectivity index (χ1n) is 4.73. The van der Waals surface area contributed by atoms with Crippen LogP contribution in [0.1, 0.15) is 25.7 Å². The van der Waals surface area contributed by atoms with Gasteiger partial charge in [-0.1, -0.05) is 6.42 Å². The second kappa shape index (κ2) is 3.33. The molecule has 2 nitrogen and oxygen atoms in total. The van der Waals surface area contributed by atoms with Crippen LogP contribution in [0, 0.1) is 17.8 Å². The molecular formula is C10H13ClO2. The van der Waals surface area contributed by atoms with Gasteiger partial charge >= 0.3 is 5.97 Å². The van der Waals surface area contributed by atoms with Crippen molar-refractivity contribution in [3.63, 3.8) is 0 Å². The van der Waals surface area contributed by atoms with Gasteiger partial charge in [0.25, 0.3) is 0 Å². The van der Waals surface area contributed by atoms with Crippen molar-refractivity contribution in [2.75, 3.05) is 0 Å². The number of fused-ring (bicyclic) bond motifs is 2. The summed E-state index contributed by atoms with van der Waals surface area (Å²) < 4.78 is 4.82. The van der Waals surface area contributed by atoms with E-state index in [1.165, 1.54) is 19.3 Å². The van der Waals surface area contributed by atoms with E-state index < -0.39 is 0 Å². The van der Waals surface area contributed by atoms with E-state index in [0.717, 1.165) is 12.3 Å².